The number of nitrogens with zero attached hydrogens (tertiary/aromatic N) is 2. The SMILES string of the molecule is CC(C)(C)OC(=O)[C@@H](CN1CCCC1)Oc1cnc(F)c(Br)c1. The lowest BCUT2D eigenvalue weighted by molar-refractivity contribution is -0.164. The topological polar surface area (TPSA) is 51.7 Å². The van der Waals surface area contributed by atoms with E-state index in [9.17, 15) is 9.18 Å². The van der Waals surface area contributed by atoms with Gasteiger partial charge in [-0.15, -0.1) is 0 Å². The normalized spacial score (nSPS) is 17.1. The number of likely N-dealkylation sites (tertiary alicyclic amines) is 1. The Bertz CT molecular complexity index is 557. The second kappa shape index (κ2) is 7.57. The van der Waals surface area contributed by atoms with Crippen LogP contribution in [0, 0.1) is 5.95 Å². The number of rotatable bonds is 5. The summed E-state index contributed by atoms with van der Waals surface area (Å²) in [6, 6.07) is 1.46. The third-order valence-electron chi connectivity index (χ3n) is 3.34. The van der Waals surface area contributed by atoms with Gasteiger partial charge in [0, 0.05) is 12.6 Å². The minimum absolute atomic E-state index is 0.194. The van der Waals surface area contributed by atoms with Crippen LogP contribution in [0.5, 0.6) is 5.75 Å². The molecule has 0 bridgehead atoms. The first kappa shape index (κ1) is 18.1. The van der Waals surface area contributed by atoms with E-state index >= 15 is 0 Å². The van der Waals surface area contributed by atoms with Crippen LogP contribution in [0.3, 0.4) is 0 Å². The molecule has 7 heteroatoms. The number of aromatic nitrogens is 1. The van der Waals surface area contributed by atoms with E-state index < -0.39 is 23.6 Å². The van der Waals surface area contributed by atoms with E-state index in [1.807, 2.05) is 20.8 Å². The number of hydrogen-bond donors (Lipinski definition) is 0. The Morgan fingerprint density at radius 2 is 2.09 bits per heavy atom. The van der Waals surface area contributed by atoms with Crippen LogP contribution < -0.4 is 4.74 Å². The Hall–Kier alpha value is -1.21. The van der Waals surface area contributed by atoms with Gasteiger partial charge in [0.05, 0.1) is 10.7 Å². The lowest BCUT2D eigenvalue weighted by Crippen LogP contribution is -2.43. The number of ether oxygens (including phenoxy) is 2. The van der Waals surface area contributed by atoms with Crippen LogP contribution >= 0.6 is 15.9 Å². The van der Waals surface area contributed by atoms with Crippen molar-refractivity contribution in [2.45, 2.75) is 45.3 Å². The molecule has 1 aromatic heterocycles. The van der Waals surface area contributed by atoms with Crippen molar-refractivity contribution in [1.82, 2.24) is 9.88 Å². The van der Waals surface area contributed by atoms with Gasteiger partial charge in [-0.1, -0.05) is 0 Å². The average molecular weight is 389 g/mol. The molecule has 0 saturated carbocycles. The highest BCUT2D eigenvalue weighted by atomic mass is 79.9. The fourth-order valence-corrected chi connectivity index (χ4v) is 2.69. The molecular formula is C16H22BrFN2O3. The molecule has 2 rings (SSSR count). The van der Waals surface area contributed by atoms with Gasteiger partial charge in [0.15, 0.2) is 0 Å². The number of pyridine rings is 1. The van der Waals surface area contributed by atoms with Crippen molar-refractivity contribution in [3.8, 4) is 5.75 Å². The third kappa shape index (κ3) is 5.73. The number of carbonyl (C=O) groups is 1. The van der Waals surface area contributed by atoms with Gasteiger partial charge in [-0.05, 0) is 62.6 Å². The first-order chi connectivity index (χ1) is 10.7. The molecule has 1 saturated heterocycles. The molecule has 0 unspecified atom stereocenters. The summed E-state index contributed by atoms with van der Waals surface area (Å²) in [4.78, 5) is 18.2. The van der Waals surface area contributed by atoms with Crippen molar-refractivity contribution in [3.05, 3.63) is 22.7 Å². The van der Waals surface area contributed by atoms with Crippen LogP contribution in [-0.4, -0.2) is 47.2 Å². The minimum Gasteiger partial charge on any atom is -0.476 e. The van der Waals surface area contributed by atoms with Gasteiger partial charge in [-0.25, -0.2) is 9.78 Å². The zero-order chi connectivity index (χ0) is 17.0. The Morgan fingerprint density at radius 3 is 2.65 bits per heavy atom. The predicted molar refractivity (Wildman–Crippen MR) is 87.8 cm³/mol. The summed E-state index contributed by atoms with van der Waals surface area (Å²) < 4.78 is 24.6. The highest BCUT2D eigenvalue weighted by Crippen LogP contribution is 2.22. The summed E-state index contributed by atoms with van der Waals surface area (Å²) in [6.07, 6.45) is 2.73. The van der Waals surface area contributed by atoms with Crippen molar-refractivity contribution in [2.75, 3.05) is 19.6 Å². The summed E-state index contributed by atoms with van der Waals surface area (Å²) in [6.45, 7) is 7.77. The molecule has 0 N–H and O–H groups in total. The zero-order valence-corrected chi connectivity index (χ0v) is 15.2. The van der Waals surface area contributed by atoms with Gasteiger partial charge in [-0.2, -0.15) is 4.39 Å². The molecule has 1 aliphatic heterocycles. The maximum atomic E-state index is 13.2. The summed E-state index contributed by atoms with van der Waals surface area (Å²) >= 11 is 3.07. The van der Waals surface area contributed by atoms with Crippen molar-refractivity contribution in [3.63, 3.8) is 0 Å². The fourth-order valence-electron chi connectivity index (χ4n) is 2.36. The van der Waals surface area contributed by atoms with Gasteiger partial charge < -0.3 is 9.47 Å². The van der Waals surface area contributed by atoms with Crippen molar-refractivity contribution in [1.29, 1.82) is 0 Å². The van der Waals surface area contributed by atoms with Crippen LogP contribution in [0.1, 0.15) is 33.6 Å². The maximum absolute atomic E-state index is 13.2. The average Bonchev–Trinajstić information content (AvgIpc) is 2.93. The number of hydrogen-bond acceptors (Lipinski definition) is 5. The van der Waals surface area contributed by atoms with Crippen LogP contribution in [0.4, 0.5) is 4.39 Å². The predicted octanol–water partition coefficient (Wildman–Crippen LogP) is 3.17. The minimum atomic E-state index is -0.772. The van der Waals surface area contributed by atoms with Crippen LogP contribution in [0.2, 0.25) is 0 Å². The first-order valence-corrected chi connectivity index (χ1v) is 8.47. The molecule has 128 valence electrons. The Morgan fingerprint density at radius 1 is 1.43 bits per heavy atom. The number of esters is 1. The van der Waals surface area contributed by atoms with E-state index in [-0.39, 0.29) is 4.47 Å². The molecule has 1 aliphatic rings. The molecule has 0 aliphatic carbocycles. The molecule has 0 aromatic carbocycles. The fraction of sp³-hybridized carbons (Fsp3) is 0.625. The molecule has 1 aromatic rings. The standard InChI is InChI=1S/C16H22BrFN2O3/c1-16(2,3)23-15(21)13(10-20-6-4-5-7-20)22-11-8-12(17)14(18)19-9-11/h8-9,13H,4-7,10H2,1-3H3/t13-/m1/s1. The quantitative estimate of drug-likeness (QED) is 0.572. The van der Waals surface area contributed by atoms with E-state index in [0.717, 1.165) is 25.9 Å². The molecule has 5 nitrogen and oxygen atoms in total. The summed E-state index contributed by atoms with van der Waals surface area (Å²) in [7, 11) is 0. The number of halogens is 2. The van der Waals surface area contributed by atoms with E-state index in [1.54, 1.807) is 0 Å². The van der Waals surface area contributed by atoms with Gasteiger partial charge >= 0.3 is 5.97 Å². The van der Waals surface area contributed by atoms with Crippen LogP contribution in [-0.2, 0) is 9.53 Å². The molecule has 2 heterocycles. The lowest BCUT2D eigenvalue weighted by atomic mass is 10.2. The van der Waals surface area contributed by atoms with Crippen molar-refractivity contribution >= 4 is 21.9 Å². The Kier molecular flexibility index (Phi) is 5.97. The largest absolute Gasteiger partial charge is 0.476 e. The Balaban J connectivity index is 2.10. The number of carbonyl (C=O) groups excluding carboxylic acids is 1. The molecule has 0 amide bonds. The van der Waals surface area contributed by atoms with Crippen LogP contribution in [0.15, 0.2) is 16.7 Å². The monoisotopic (exact) mass is 388 g/mol. The molecule has 0 radical (unpaired) electrons. The smallest absolute Gasteiger partial charge is 0.349 e. The highest BCUT2D eigenvalue weighted by Gasteiger charge is 2.30. The molecule has 1 fully saturated rings. The molecule has 1 atom stereocenters. The van der Waals surface area contributed by atoms with Gasteiger partial charge in [0.25, 0.3) is 0 Å². The van der Waals surface area contributed by atoms with E-state index in [4.69, 9.17) is 9.47 Å². The lowest BCUT2D eigenvalue weighted by Gasteiger charge is -2.27. The molecule has 0 spiro atoms. The van der Waals surface area contributed by atoms with Crippen LogP contribution in [0.25, 0.3) is 0 Å². The maximum Gasteiger partial charge on any atom is 0.349 e. The summed E-state index contributed by atoms with van der Waals surface area (Å²) in [5, 5.41) is 0. The Labute approximate surface area is 144 Å². The molecule has 23 heavy (non-hydrogen) atoms. The second-order valence-electron chi connectivity index (χ2n) is 6.59. The third-order valence-corrected chi connectivity index (χ3v) is 3.90. The summed E-state index contributed by atoms with van der Waals surface area (Å²) in [5.74, 6) is -0.719. The summed E-state index contributed by atoms with van der Waals surface area (Å²) in [5.41, 5.74) is -0.592. The first-order valence-electron chi connectivity index (χ1n) is 7.67. The zero-order valence-electron chi connectivity index (χ0n) is 13.6. The van der Waals surface area contributed by atoms with Gasteiger partial charge in [-0.3, -0.25) is 4.90 Å². The van der Waals surface area contributed by atoms with Crippen molar-refractivity contribution < 1.29 is 18.7 Å². The van der Waals surface area contributed by atoms with Gasteiger partial charge in [0.2, 0.25) is 12.1 Å². The highest BCUT2D eigenvalue weighted by molar-refractivity contribution is 9.10. The van der Waals surface area contributed by atoms with Crippen molar-refractivity contribution in [2.24, 2.45) is 0 Å². The van der Waals surface area contributed by atoms with E-state index in [0.29, 0.717) is 12.3 Å². The van der Waals surface area contributed by atoms with E-state index in [1.165, 1.54) is 12.3 Å². The second-order valence-corrected chi connectivity index (χ2v) is 7.45. The van der Waals surface area contributed by atoms with E-state index in [2.05, 4.69) is 25.8 Å². The van der Waals surface area contributed by atoms with Gasteiger partial charge in [0.1, 0.15) is 11.4 Å². The molecular weight excluding hydrogens is 367 g/mol.